The van der Waals surface area contributed by atoms with E-state index in [0.29, 0.717) is 18.7 Å². The first-order chi connectivity index (χ1) is 17.5. The molecule has 1 N–H and O–H groups in total. The SMILES string of the molecule is Cc1ccc(CN(C(=O)CCCN(c2ccc(C)c(C)c2)S(C)(=O)=O)[C@H](C)C(=O)NC2CCCC2)cc1. The summed E-state index contributed by atoms with van der Waals surface area (Å²) in [5.41, 5.74) is 4.77. The number of nitrogens with zero attached hydrogens (tertiary/aromatic N) is 2. The number of rotatable bonds is 11. The summed E-state index contributed by atoms with van der Waals surface area (Å²) in [5, 5.41) is 3.11. The van der Waals surface area contributed by atoms with Crippen molar-refractivity contribution < 1.29 is 18.0 Å². The first-order valence-electron chi connectivity index (χ1n) is 13.2. The van der Waals surface area contributed by atoms with E-state index in [2.05, 4.69) is 5.32 Å². The molecule has 0 aromatic heterocycles. The van der Waals surface area contributed by atoms with Gasteiger partial charge in [0.15, 0.2) is 0 Å². The van der Waals surface area contributed by atoms with Crippen molar-refractivity contribution in [1.82, 2.24) is 10.2 Å². The number of amides is 2. The molecule has 0 aliphatic heterocycles. The zero-order valence-corrected chi connectivity index (χ0v) is 23.6. The number of nitrogens with one attached hydrogen (secondary N) is 1. The smallest absolute Gasteiger partial charge is 0.242 e. The summed E-state index contributed by atoms with van der Waals surface area (Å²) in [5.74, 6) is -0.302. The topological polar surface area (TPSA) is 86.8 Å². The molecule has 0 saturated heterocycles. The first-order valence-corrected chi connectivity index (χ1v) is 15.0. The zero-order valence-electron chi connectivity index (χ0n) is 22.8. The minimum atomic E-state index is -3.52. The highest BCUT2D eigenvalue weighted by atomic mass is 32.2. The molecule has 202 valence electrons. The molecule has 0 bridgehead atoms. The van der Waals surface area contributed by atoms with Gasteiger partial charge in [0.2, 0.25) is 21.8 Å². The van der Waals surface area contributed by atoms with E-state index in [1.54, 1.807) is 17.9 Å². The Balaban J connectivity index is 1.72. The first kappa shape index (κ1) is 28.7. The highest BCUT2D eigenvalue weighted by Crippen LogP contribution is 2.23. The predicted octanol–water partition coefficient (Wildman–Crippen LogP) is 4.63. The molecule has 37 heavy (non-hydrogen) atoms. The number of carbonyl (C=O) groups is 2. The molecule has 3 rings (SSSR count). The molecule has 1 fully saturated rings. The highest BCUT2D eigenvalue weighted by molar-refractivity contribution is 7.92. The lowest BCUT2D eigenvalue weighted by molar-refractivity contribution is -0.141. The van der Waals surface area contributed by atoms with Crippen LogP contribution in [0.25, 0.3) is 0 Å². The van der Waals surface area contributed by atoms with Crippen LogP contribution in [-0.2, 0) is 26.2 Å². The Kier molecular flexibility index (Phi) is 9.76. The summed E-state index contributed by atoms with van der Waals surface area (Å²) in [4.78, 5) is 28.1. The van der Waals surface area contributed by atoms with E-state index in [1.165, 1.54) is 10.6 Å². The molecule has 0 radical (unpaired) electrons. The summed E-state index contributed by atoms with van der Waals surface area (Å²) >= 11 is 0. The minimum Gasteiger partial charge on any atom is -0.352 e. The molecule has 0 heterocycles. The zero-order chi connectivity index (χ0) is 27.2. The summed E-state index contributed by atoms with van der Waals surface area (Å²) in [6.07, 6.45) is 5.85. The lowest BCUT2D eigenvalue weighted by atomic mass is 10.1. The van der Waals surface area contributed by atoms with E-state index < -0.39 is 16.1 Å². The van der Waals surface area contributed by atoms with Crippen molar-refractivity contribution in [2.24, 2.45) is 0 Å². The number of anilines is 1. The van der Waals surface area contributed by atoms with E-state index in [4.69, 9.17) is 0 Å². The van der Waals surface area contributed by atoms with Gasteiger partial charge in [-0.15, -0.1) is 0 Å². The molecule has 1 aliphatic rings. The fourth-order valence-corrected chi connectivity index (χ4v) is 5.71. The number of aryl methyl sites for hydroxylation is 3. The number of hydrogen-bond donors (Lipinski definition) is 1. The molecular weight excluding hydrogens is 486 g/mol. The Morgan fingerprint density at radius 1 is 1.00 bits per heavy atom. The third-order valence-corrected chi connectivity index (χ3v) is 8.47. The standard InChI is InChI=1S/C29H41N3O4S/c1-21-12-15-25(16-13-21)20-31(24(4)29(34)30-26-9-6-7-10-26)28(33)11-8-18-32(37(5,35)36)27-17-14-22(2)23(3)19-27/h12-17,19,24,26H,6-11,18,20H2,1-5H3,(H,30,34)/t24-/m1/s1. The Hall–Kier alpha value is -2.87. The van der Waals surface area contributed by atoms with Crippen LogP contribution >= 0.6 is 0 Å². The number of sulfonamides is 1. The molecule has 0 unspecified atom stereocenters. The second-order valence-corrected chi connectivity index (χ2v) is 12.3. The fourth-order valence-electron chi connectivity index (χ4n) is 4.75. The quantitative estimate of drug-likeness (QED) is 0.461. The molecule has 2 aromatic rings. The van der Waals surface area contributed by atoms with Crippen molar-refractivity contribution >= 4 is 27.5 Å². The van der Waals surface area contributed by atoms with Crippen LogP contribution in [0.1, 0.15) is 67.7 Å². The van der Waals surface area contributed by atoms with Gasteiger partial charge >= 0.3 is 0 Å². The van der Waals surface area contributed by atoms with E-state index in [9.17, 15) is 18.0 Å². The predicted molar refractivity (Wildman–Crippen MR) is 149 cm³/mol. The molecule has 1 atom stereocenters. The van der Waals surface area contributed by atoms with Crippen LogP contribution in [0, 0.1) is 20.8 Å². The van der Waals surface area contributed by atoms with Gasteiger partial charge < -0.3 is 10.2 Å². The van der Waals surface area contributed by atoms with Crippen LogP contribution in [0.5, 0.6) is 0 Å². The molecule has 2 aromatic carbocycles. The van der Waals surface area contributed by atoms with E-state index in [0.717, 1.165) is 47.9 Å². The molecule has 7 nitrogen and oxygen atoms in total. The molecule has 1 aliphatic carbocycles. The van der Waals surface area contributed by atoms with Crippen LogP contribution in [0.2, 0.25) is 0 Å². The maximum atomic E-state index is 13.4. The summed E-state index contributed by atoms with van der Waals surface area (Å²) < 4.78 is 26.4. The van der Waals surface area contributed by atoms with Crippen LogP contribution < -0.4 is 9.62 Å². The minimum absolute atomic E-state index is 0.139. The fraction of sp³-hybridized carbons (Fsp3) is 0.517. The Bertz CT molecular complexity index is 1190. The van der Waals surface area contributed by atoms with E-state index in [1.807, 2.05) is 57.2 Å². The van der Waals surface area contributed by atoms with Gasteiger partial charge in [-0.05, 0) is 75.8 Å². The van der Waals surface area contributed by atoms with Crippen molar-refractivity contribution in [2.45, 2.75) is 84.8 Å². The average molecular weight is 528 g/mol. The molecule has 1 saturated carbocycles. The van der Waals surface area contributed by atoms with Crippen molar-refractivity contribution in [3.63, 3.8) is 0 Å². The number of hydrogen-bond acceptors (Lipinski definition) is 4. The second kappa shape index (κ2) is 12.6. The van der Waals surface area contributed by atoms with Crippen molar-refractivity contribution in [3.8, 4) is 0 Å². The highest BCUT2D eigenvalue weighted by Gasteiger charge is 2.28. The van der Waals surface area contributed by atoms with Gasteiger partial charge in [-0.1, -0.05) is 48.7 Å². The Morgan fingerprint density at radius 3 is 2.24 bits per heavy atom. The van der Waals surface area contributed by atoms with Gasteiger partial charge in [-0.2, -0.15) is 0 Å². The number of carbonyl (C=O) groups excluding carboxylic acids is 2. The maximum Gasteiger partial charge on any atom is 0.242 e. The van der Waals surface area contributed by atoms with Crippen LogP contribution in [0.3, 0.4) is 0 Å². The summed E-state index contributed by atoms with van der Waals surface area (Å²) in [6, 6.07) is 13.0. The lowest BCUT2D eigenvalue weighted by Crippen LogP contribution is -2.49. The van der Waals surface area contributed by atoms with Gasteiger partial charge in [0.1, 0.15) is 6.04 Å². The van der Waals surface area contributed by atoms with Crippen molar-refractivity contribution in [2.75, 3.05) is 17.1 Å². The van der Waals surface area contributed by atoms with Gasteiger partial charge in [-0.3, -0.25) is 13.9 Å². The Labute approximate surface area is 222 Å². The van der Waals surface area contributed by atoms with Gasteiger partial charge in [0.05, 0.1) is 11.9 Å². The summed E-state index contributed by atoms with van der Waals surface area (Å²) in [6.45, 7) is 8.22. The molecular formula is C29H41N3O4S. The van der Waals surface area contributed by atoms with Crippen LogP contribution in [0.15, 0.2) is 42.5 Å². The maximum absolute atomic E-state index is 13.4. The lowest BCUT2D eigenvalue weighted by Gasteiger charge is -2.30. The average Bonchev–Trinajstić information content (AvgIpc) is 3.35. The molecule has 2 amide bonds. The molecule has 8 heteroatoms. The molecule has 0 spiro atoms. The third kappa shape index (κ3) is 8.06. The largest absolute Gasteiger partial charge is 0.352 e. The van der Waals surface area contributed by atoms with Gasteiger partial charge in [0.25, 0.3) is 0 Å². The van der Waals surface area contributed by atoms with Crippen molar-refractivity contribution in [3.05, 3.63) is 64.7 Å². The van der Waals surface area contributed by atoms with Gasteiger partial charge in [-0.25, -0.2) is 8.42 Å². The third-order valence-electron chi connectivity index (χ3n) is 7.27. The monoisotopic (exact) mass is 527 g/mol. The van der Waals surface area contributed by atoms with Gasteiger partial charge in [0, 0.05) is 25.6 Å². The normalized spacial score (nSPS) is 14.8. The van der Waals surface area contributed by atoms with Crippen LogP contribution in [0.4, 0.5) is 5.69 Å². The number of benzene rings is 2. The Morgan fingerprint density at radius 2 is 1.65 bits per heavy atom. The van der Waals surface area contributed by atoms with Crippen molar-refractivity contribution in [1.29, 1.82) is 0 Å². The second-order valence-electron chi connectivity index (χ2n) is 10.4. The summed E-state index contributed by atoms with van der Waals surface area (Å²) in [7, 11) is -3.52. The van der Waals surface area contributed by atoms with E-state index in [-0.39, 0.29) is 30.8 Å². The van der Waals surface area contributed by atoms with Crippen LogP contribution in [-0.4, -0.2) is 50.0 Å². The van der Waals surface area contributed by atoms with E-state index >= 15 is 0 Å².